The van der Waals surface area contributed by atoms with Crippen molar-refractivity contribution in [2.45, 2.75) is 32.3 Å². The zero-order valence-corrected chi connectivity index (χ0v) is 17.6. The van der Waals surface area contributed by atoms with Gasteiger partial charge < -0.3 is 4.74 Å². The molecule has 7 heteroatoms. The number of amides is 1. The van der Waals surface area contributed by atoms with E-state index in [2.05, 4.69) is 10.3 Å². The van der Waals surface area contributed by atoms with E-state index in [9.17, 15) is 9.59 Å². The molecule has 1 N–H and O–H groups in total. The number of cyclic esters (lactones) is 1. The number of aryl methyl sites for hydroxylation is 1. The molecule has 1 unspecified atom stereocenters. The molecule has 29 heavy (non-hydrogen) atoms. The number of fused-ring (bicyclic) bond motifs is 1. The van der Waals surface area contributed by atoms with E-state index >= 15 is 0 Å². The highest BCUT2D eigenvalue weighted by Gasteiger charge is 2.42. The van der Waals surface area contributed by atoms with Gasteiger partial charge in [0.15, 0.2) is 10.7 Å². The van der Waals surface area contributed by atoms with E-state index in [4.69, 9.17) is 16.3 Å². The Morgan fingerprint density at radius 3 is 2.72 bits per heavy atom. The smallest absolute Gasteiger partial charge is 0.339 e. The van der Waals surface area contributed by atoms with E-state index < -0.39 is 11.6 Å². The molecule has 5 nitrogen and oxygen atoms in total. The Morgan fingerprint density at radius 1 is 1.24 bits per heavy atom. The number of thiazole rings is 1. The van der Waals surface area contributed by atoms with Crippen LogP contribution in [-0.2, 0) is 22.4 Å². The van der Waals surface area contributed by atoms with Crippen molar-refractivity contribution in [3.8, 4) is 0 Å². The fourth-order valence-electron chi connectivity index (χ4n) is 3.32. The first-order chi connectivity index (χ1) is 13.8. The van der Waals surface area contributed by atoms with Crippen molar-refractivity contribution in [1.29, 1.82) is 0 Å². The summed E-state index contributed by atoms with van der Waals surface area (Å²) in [5.74, 6) is -0.865. The molecule has 1 amide bonds. The van der Waals surface area contributed by atoms with Crippen LogP contribution in [0.5, 0.6) is 0 Å². The van der Waals surface area contributed by atoms with Crippen LogP contribution in [0, 0.1) is 6.92 Å². The zero-order valence-electron chi connectivity index (χ0n) is 16.0. The molecular formula is C22H19ClN2O3S. The van der Waals surface area contributed by atoms with Crippen molar-refractivity contribution < 1.29 is 14.3 Å². The molecule has 148 valence electrons. The van der Waals surface area contributed by atoms with Gasteiger partial charge in [-0.15, -0.1) is 11.3 Å². The number of aromatic nitrogens is 1. The maximum atomic E-state index is 12.9. The molecule has 1 aliphatic rings. The van der Waals surface area contributed by atoms with Crippen LogP contribution < -0.4 is 5.32 Å². The van der Waals surface area contributed by atoms with Crippen molar-refractivity contribution in [1.82, 2.24) is 4.98 Å². The number of hydrogen-bond donors (Lipinski definition) is 1. The minimum atomic E-state index is -1.28. The molecule has 0 saturated carbocycles. The number of anilines is 1. The van der Waals surface area contributed by atoms with E-state index in [1.807, 2.05) is 43.3 Å². The maximum Gasteiger partial charge on any atom is 0.339 e. The number of nitrogens with zero attached hydrogens (tertiary/aromatic N) is 1. The van der Waals surface area contributed by atoms with Gasteiger partial charge in [-0.2, -0.15) is 0 Å². The lowest BCUT2D eigenvalue weighted by Crippen LogP contribution is -2.48. The van der Waals surface area contributed by atoms with Crippen LogP contribution >= 0.6 is 22.9 Å². The summed E-state index contributed by atoms with van der Waals surface area (Å²) < 4.78 is 5.49. The van der Waals surface area contributed by atoms with Gasteiger partial charge in [-0.05, 0) is 43.2 Å². The Hall–Kier alpha value is -2.70. The summed E-state index contributed by atoms with van der Waals surface area (Å²) in [5, 5.41) is 4.02. The van der Waals surface area contributed by atoms with Crippen LogP contribution in [0.2, 0.25) is 5.02 Å². The van der Waals surface area contributed by atoms with Crippen LogP contribution in [0.25, 0.3) is 0 Å². The Morgan fingerprint density at radius 2 is 1.97 bits per heavy atom. The number of carbonyl (C=O) groups is 2. The minimum Gasteiger partial charge on any atom is -0.445 e. The van der Waals surface area contributed by atoms with Crippen molar-refractivity contribution >= 4 is 39.9 Å². The molecule has 3 aromatic rings. The number of esters is 1. The molecule has 0 spiro atoms. The number of carbonyl (C=O) groups excluding carboxylic acids is 2. The van der Waals surface area contributed by atoms with Crippen LogP contribution in [0.15, 0.2) is 48.5 Å². The van der Waals surface area contributed by atoms with Gasteiger partial charge in [0, 0.05) is 22.7 Å². The van der Waals surface area contributed by atoms with Gasteiger partial charge >= 0.3 is 5.97 Å². The molecule has 0 bridgehead atoms. The summed E-state index contributed by atoms with van der Waals surface area (Å²) >= 11 is 7.36. The molecule has 2 aromatic carbocycles. The van der Waals surface area contributed by atoms with Gasteiger partial charge in [0.2, 0.25) is 0 Å². The number of hydrogen-bond acceptors (Lipinski definition) is 5. The third-order valence-corrected chi connectivity index (χ3v) is 6.28. The van der Waals surface area contributed by atoms with Crippen molar-refractivity contribution in [2.24, 2.45) is 0 Å². The molecular weight excluding hydrogens is 408 g/mol. The first-order valence-corrected chi connectivity index (χ1v) is 10.4. The molecule has 0 saturated heterocycles. The van der Waals surface area contributed by atoms with E-state index in [-0.39, 0.29) is 5.91 Å². The van der Waals surface area contributed by atoms with Gasteiger partial charge in [0.25, 0.3) is 5.91 Å². The average Bonchev–Trinajstić information content (AvgIpc) is 3.02. The SMILES string of the molecule is Cc1nc(NC(=O)C2(C)Cc3ccccc3C(=O)O2)sc1Cc1ccc(Cl)cc1. The van der Waals surface area contributed by atoms with Crippen molar-refractivity contribution in [3.63, 3.8) is 0 Å². The monoisotopic (exact) mass is 426 g/mol. The van der Waals surface area contributed by atoms with Crippen LogP contribution in [0.3, 0.4) is 0 Å². The highest BCUT2D eigenvalue weighted by Crippen LogP contribution is 2.31. The largest absolute Gasteiger partial charge is 0.445 e. The summed E-state index contributed by atoms with van der Waals surface area (Å²) in [6.07, 6.45) is 1.03. The Labute approximate surface area is 177 Å². The van der Waals surface area contributed by atoms with Crippen molar-refractivity contribution in [2.75, 3.05) is 5.32 Å². The zero-order chi connectivity index (χ0) is 20.6. The highest BCUT2D eigenvalue weighted by atomic mass is 35.5. The third-order valence-electron chi connectivity index (χ3n) is 4.95. The van der Waals surface area contributed by atoms with Crippen LogP contribution in [0.4, 0.5) is 5.13 Å². The lowest BCUT2D eigenvalue weighted by molar-refractivity contribution is -0.134. The second-order valence-electron chi connectivity index (χ2n) is 7.24. The predicted molar refractivity (Wildman–Crippen MR) is 114 cm³/mol. The number of ether oxygens (including phenoxy) is 1. The normalized spacial score (nSPS) is 18.1. The van der Waals surface area contributed by atoms with Crippen molar-refractivity contribution in [3.05, 3.63) is 80.8 Å². The summed E-state index contributed by atoms with van der Waals surface area (Å²) in [6.45, 7) is 3.54. The summed E-state index contributed by atoms with van der Waals surface area (Å²) in [5.41, 5.74) is 2.01. The van der Waals surface area contributed by atoms with Gasteiger partial charge in [-0.3, -0.25) is 10.1 Å². The first kappa shape index (κ1) is 19.6. The van der Waals surface area contributed by atoms with E-state index in [1.165, 1.54) is 11.3 Å². The topological polar surface area (TPSA) is 68.3 Å². The molecule has 1 aromatic heterocycles. The standard InChI is InChI=1S/C22H19ClN2O3S/c1-13-18(11-14-7-9-16(23)10-8-14)29-21(24-13)25-20(27)22(2)12-15-5-3-4-6-17(15)19(26)28-22/h3-10H,11-12H2,1-2H3,(H,24,25,27). The maximum absolute atomic E-state index is 12.9. The van der Waals surface area contributed by atoms with E-state index in [0.717, 1.165) is 21.7 Å². The molecule has 1 aliphatic heterocycles. The Balaban J connectivity index is 1.50. The van der Waals surface area contributed by atoms with Crippen LogP contribution in [-0.4, -0.2) is 22.5 Å². The van der Waals surface area contributed by atoms with Gasteiger partial charge in [0.05, 0.1) is 11.3 Å². The minimum absolute atomic E-state index is 0.322. The number of halogens is 1. The molecule has 0 radical (unpaired) electrons. The van der Waals surface area contributed by atoms with E-state index in [1.54, 1.807) is 19.1 Å². The highest BCUT2D eigenvalue weighted by molar-refractivity contribution is 7.15. The Bertz CT molecular complexity index is 1090. The summed E-state index contributed by atoms with van der Waals surface area (Å²) in [7, 11) is 0. The second kappa shape index (κ2) is 7.61. The summed E-state index contributed by atoms with van der Waals surface area (Å²) in [4.78, 5) is 30.8. The number of nitrogens with one attached hydrogen (secondary N) is 1. The van der Waals surface area contributed by atoms with Crippen LogP contribution in [0.1, 0.15) is 39.0 Å². The Kier molecular flexibility index (Phi) is 5.15. The fraction of sp³-hybridized carbons (Fsp3) is 0.227. The molecule has 0 aliphatic carbocycles. The first-order valence-electron chi connectivity index (χ1n) is 9.17. The van der Waals surface area contributed by atoms with E-state index in [0.29, 0.717) is 28.6 Å². The quantitative estimate of drug-likeness (QED) is 0.608. The number of benzene rings is 2. The average molecular weight is 427 g/mol. The predicted octanol–water partition coefficient (Wildman–Crippen LogP) is 4.81. The van der Waals surface area contributed by atoms with Gasteiger partial charge in [0.1, 0.15) is 0 Å². The molecule has 0 fully saturated rings. The molecule has 4 rings (SSSR count). The fourth-order valence-corrected chi connectivity index (χ4v) is 4.44. The van der Waals surface area contributed by atoms with Gasteiger partial charge in [-0.25, -0.2) is 9.78 Å². The number of rotatable bonds is 4. The molecule has 2 heterocycles. The lowest BCUT2D eigenvalue weighted by Gasteiger charge is -2.32. The third kappa shape index (κ3) is 4.04. The second-order valence-corrected chi connectivity index (χ2v) is 8.76. The lowest BCUT2D eigenvalue weighted by atomic mass is 9.89. The van der Waals surface area contributed by atoms with Gasteiger partial charge in [-0.1, -0.05) is 41.9 Å². The summed E-state index contributed by atoms with van der Waals surface area (Å²) in [6, 6.07) is 14.8. The molecule has 1 atom stereocenters.